The van der Waals surface area contributed by atoms with Crippen LogP contribution in [0.2, 0.25) is 0 Å². The molecule has 0 saturated carbocycles. The average Bonchev–Trinajstić information content (AvgIpc) is 3.74. The minimum absolute atomic E-state index is 0.923. The van der Waals surface area contributed by atoms with E-state index in [1.165, 1.54) is 61.7 Å². The van der Waals surface area contributed by atoms with Crippen molar-refractivity contribution >= 4 is 40.1 Å². The largest absolute Gasteiger partial charge is 0.361 e. The van der Waals surface area contributed by atoms with E-state index in [-0.39, 0.29) is 0 Å². The number of benzene rings is 5. The highest BCUT2D eigenvalue weighted by Crippen LogP contribution is 2.49. The van der Waals surface area contributed by atoms with Crippen LogP contribution in [0, 0.1) is 5.41 Å². The molecule has 2 N–H and O–H groups in total. The van der Waals surface area contributed by atoms with Crippen molar-refractivity contribution in [1.82, 2.24) is 9.56 Å². The topological polar surface area (TPSA) is 42.6 Å². The molecular weight excluding hydrogens is 546 g/mol. The summed E-state index contributed by atoms with van der Waals surface area (Å²) in [5, 5.41) is 10.1. The van der Waals surface area contributed by atoms with Crippen LogP contribution in [-0.2, 0) is 0 Å². The van der Waals surface area contributed by atoms with Gasteiger partial charge < -0.3 is 10.4 Å². The Labute approximate surface area is 264 Å². The summed E-state index contributed by atoms with van der Waals surface area (Å²) in [7, 11) is 0. The maximum absolute atomic E-state index is 7.68. The van der Waals surface area contributed by atoms with Crippen LogP contribution in [0.4, 0.5) is 11.4 Å². The van der Waals surface area contributed by atoms with Crippen molar-refractivity contribution in [1.29, 1.82) is 5.41 Å². The zero-order chi connectivity index (χ0) is 30.8. The van der Waals surface area contributed by atoms with Crippen LogP contribution >= 0.6 is 0 Å². The van der Waals surface area contributed by atoms with Gasteiger partial charge in [-0.25, -0.2) is 0 Å². The molecule has 0 aliphatic carbocycles. The first-order valence-electron chi connectivity index (χ1n) is 15.3. The molecule has 0 bridgehead atoms. The maximum atomic E-state index is 7.68. The third kappa shape index (κ3) is 5.19. The molecule has 0 atom stereocenters. The van der Waals surface area contributed by atoms with Gasteiger partial charge in [0.1, 0.15) is 0 Å². The van der Waals surface area contributed by atoms with Crippen molar-refractivity contribution in [2.24, 2.45) is 0 Å². The summed E-state index contributed by atoms with van der Waals surface area (Å²) in [5.41, 5.74) is 13.8. The number of aromatic nitrogens is 1. The Kier molecular flexibility index (Phi) is 7.51. The van der Waals surface area contributed by atoms with E-state index in [2.05, 4.69) is 137 Å². The molecule has 0 saturated heterocycles. The molecule has 1 aromatic heterocycles. The number of nitrogens with one attached hydrogen (secondary N) is 2. The zero-order valence-electron chi connectivity index (χ0n) is 25.5. The SMILES string of the molecule is C/C=C\C=C/C=[N+]1c2cc(-c3cccc(-c4ccc[nH]4)c3)ccc2-c2ccc3cc(-c4ccc(/C(C=N)=C/C)cc4)ccc3c21. The van der Waals surface area contributed by atoms with Gasteiger partial charge in [-0.2, -0.15) is 4.58 Å². The molecular formula is C42H34N3+. The molecule has 7 rings (SSSR count). The predicted octanol–water partition coefficient (Wildman–Crippen LogP) is 11.2. The number of hydrogen-bond donors (Lipinski definition) is 2. The lowest BCUT2D eigenvalue weighted by Crippen LogP contribution is -2.01. The number of nitrogens with zero attached hydrogens (tertiary/aromatic N) is 1. The second-order valence-electron chi connectivity index (χ2n) is 11.2. The van der Waals surface area contributed by atoms with E-state index in [0.29, 0.717) is 0 Å². The van der Waals surface area contributed by atoms with Gasteiger partial charge in [0.15, 0.2) is 6.21 Å². The standard InChI is InChI=1S/C42H34N3/c1-3-5-6-7-24-45-41-27-34(32-10-8-11-36(26-32)40-12-9-23-44-40)18-21-38(41)39-22-19-35-25-33(17-20-37(35)42(39)45)31-15-13-30(14-16-31)29(4-2)28-43/h3-28,43-44H,1-2H3/q+1/b5-3-,7-6-,29-4+,43-28?,45-24?. The van der Waals surface area contributed by atoms with E-state index in [4.69, 9.17) is 5.41 Å². The van der Waals surface area contributed by atoms with Crippen molar-refractivity contribution in [2.75, 3.05) is 0 Å². The number of aromatic amines is 1. The maximum Gasteiger partial charge on any atom is 0.227 e. The van der Waals surface area contributed by atoms with Crippen LogP contribution in [0.5, 0.6) is 0 Å². The summed E-state index contributed by atoms with van der Waals surface area (Å²) in [6, 6.07) is 39.4. The Hall–Kier alpha value is -5.80. The average molecular weight is 581 g/mol. The van der Waals surface area contributed by atoms with E-state index in [1.807, 2.05) is 38.3 Å². The van der Waals surface area contributed by atoms with E-state index in [1.54, 1.807) is 0 Å². The number of rotatable bonds is 7. The first-order chi connectivity index (χ1) is 22.2. The molecule has 0 fully saturated rings. The molecule has 0 unspecified atom stereocenters. The lowest BCUT2D eigenvalue weighted by molar-refractivity contribution is 1.15. The first kappa shape index (κ1) is 28.0. The minimum atomic E-state index is 0.923. The second-order valence-corrected chi connectivity index (χ2v) is 11.2. The fourth-order valence-corrected chi connectivity index (χ4v) is 6.26. The molecule has 1 aliphatic heterocycles. The molecule has 5 aromatic carbocycles. The van der Waals surface area contributed by atoms with Gasteiger partial charge >= 0.3 is 0 Å². The van der Waals surface area contributed by atoms with Crippen molar-refractivity contribution in [3.8, 4) is 44.6 Å². The molecule has 0 amide bonds. The quantitative estimate of drug-likeness (QED) is 0.107. The first-order valence-corrected chi connectivity index (χ1v) is 15.3. The van der Waals surface area contributed by atoms with Crippen molar-refractivity contribution in [2.45, 2.75) is 13.8 Å². The predicted molar refractivity (Wildman–Crippen MR) is 194 cm³/mol. The smallest absolute Gasteiger partial charge is 0.227 e. The summed E-state index contributed by atoms with van der Waals surface area (Å²) in [6.45, 7) is 4.00. The van der Waals surface area contributed by atoms with Gasteiger partial charge in [0.25, 0.3) is 0 Å². The van der Waals surface area contributed by atoms with Crippen molar-refractivity contribution in [3.05, 3.63) is 151 Å². The number of hydrogen-bond acceptors (Lipinski definition) is 1. The normalized spacial score (nSPS) is 13.6. The third-order valence-corrected chi connectivity index (χ3v) is 8.55. The number of H-pyrrole nitrogens is 1. The zero-order valence-corrected chi connectivity index (χ0v) is 25.5. The fourth-order valence-electron chi connectivity index (χ4n) is 6.26. The lowest BCUT2D eigenvalue weighted by atomic mass is 9.95. The summed E-state index contributed by atoms with van der Waals surface area (Å²) in [6.07, 6.45) is 15.8. The van der Waals surface area contributed by atoms with Crippen LogP contribution in [0.1, 0.15) is 19.4 Å². The van der Waals surface area contributed by atoms with E-state index in [9.17, 15) is 0 Å². The molecule has 1 aliphatic rings. The molecule has 2 heterocycles. The van der Waals surface area contributed by atoms with E-state index >= 15 is 0 Å². The molecule has 6 aromatic rings. The minimum Gasteiger partial charge on any atom is -0.361 e. The Balaban J connectivity index is 1.32. The van der Waals surface area contributed by atoms with Crippen LogP contribution in [0.25, 0.3) is 61.0 Å². The molecule has 0 radical (unpaired) electrons. The van der Waals surface area contributed by atoms with Gasteiger partial charge in [0.05, 0.1) is 16.5 Å². The van der Waals surface area contributed by atoms with Gasteiger partial charge in [-0.3, -0.25) is 0 Å². The molecule has 216 valence electrons. The Morgan fingerprint density at radius 2 is 1.42 bits per heavy atom. The Bertz CT molecular complexity index is 2170. The monoisotopic (exact) mass is 580 g/mol. The lowest BCUT2D eigenvalue weighted by Gasteiger charge is -2.08. The van der Waals surface area contributed by atoms with Gasteiger partial charge in [-0.1, -0.05) is 85.0 Å². The number of allylic oxidation sites excluding steroid dienone is 6. The van der Waals surface area contributed by atoms with Gasteiger partial charge in [0, 0.05) is 30.2 Å². The van der Waals surface area contributed by atoms with Gasteiger partial charge in [-0.05, 0) is 101 Å². The second kappa shape index (κ2) is 12.1. The Morgan fingerprint density at radius 1 is 0.667 bits per heavy atom. The van der Waals surface area contributed by atoms with Crippen LogP contribution < -0.4 is 4.58 Å². The molecule has 45 heavy (non-hydrogen) atoms. The van der Waals surface area contributed by atoms with E-state index < -0.39 is 0 Å². The van der Waals surface area contributed by atoms with Crippen LogP contribution in [0.3, 0.4) is 0 Å². The van der Waals surface area contributed by atoms with Gasteiger partial charge in [-0.15, -0.1) is 0 Å². The van der Waals surface area contributed by atoms with E-state index in [0.717, 1.165) is 22.4 Å². The summed E-state index contributed by atoms with van der Waals surface area (Å²) >= 11 is 0. The summed E-state index contributed by atoms with van der Waals surface area (Å²) < 4.78 is 2.34. The fraction of sp³-hybridized carbons (Fsp3) is 0.0476. The summed E-state index contributed by atoms with van der Waals surface area (Å²) in [5.74, 6) is 0. The molecule has 3 heteroatoms. The van der Waals surface area contributed by atoms with Crippen molar-refractivity contribution < 1.29 is 0 Å². The van der Waals surface area contributed by atoms with Gasteiger partial charge in [0.2, 0.25) is 11.4 Å². The van der Waals surface area contributed by atoms with Crippen molar-refractivity contribution in [3.63, 3.8) is 0 Å². The molecule has 0 spiro atoms. The number of fused-ring (bicyclic) bond motifs is 5. The van der Waals surface area contributed by atoms with Crippen LogP contribution in [-0.4, -0.2) is 17.4 Å². The Morgan fingerprint density at radius 3 is 2.20 bits per heavy atom. The third-order valence-electron chi connectivity index (χ3n) is 8.55. The molecule has 3 nitrogen and oxygen atoms in total. The highest BCUT2D eigenvalue weighted by Gasteiger charge is 2.33. The highest BCUT2D eigenvalue weighted by atomic mass is 15.0. The summed E-state index contributed by atoms with van der Waals surface area (Å²) in [4.78, 5) is 3.33. The van der Waals surface area contributed by atoms with Crippen LogP contribution in [0.15, 0.2) is 146 Å². The highest BCUT2D eigenvalue weighted by molar-refractivity contribution is 6.10.